The third-order valence-corrected chi connectivity index (χ3v) is 3.72. The van der Waals surface area contributed by atoms with Crippen molar-refractivity contribution in [2.45, 2.75) is 19.9 Å². The topological polar surface area (TPSA) is 159 Å². The highest BCUT2D eigenvalue weighted by Crippen LogP contribution is 2.04. The van der Waals surface area contributed by atoms with Gasteiger partial charge < -0.3 is 20.4 Å². The zero-order valence-electron chi connectivity index (χ0n) is 15.0. The zero-order valence-corrected chi connectivity index (χ0v) is 15.0. The molecule has 11 nitrogen and oxygen atoms in total. The van der Waals surface area contributed by atoms with Crippen molar-refractivity contribution in [1.29, 1.82) is 0 Å². The Morgan fingerprint density at radius 1 is 0.731 bits per heavy atom. The maximum absolute atomic E-state index is 11.1. The van der Waals surface area contributed by atoms with E-state index < -0.39 is 43.0 Å². The second-order valence-corrected chi connectivity index (χ2v) is 5.93. The highest BCUT2D eigenvalue weighted by molar-refractivity contribution is 5.72. The average molecular weight is 377 g/mol. The largest absolute Gasteiger partial charge is 0.480 e. The quantitative estimate of drug-likeness (QED) is 0.267. The fourth-order valence-corrected chi connectivity index (χ4v) is 2.45. The Bertz CT molecular complexity index is 483. The molecule has 0 aliphatic carbocycles. The average Bonchev–Trinajstić information content (AvgIpc) is 2.48. The molecule has 0 aliphatic heterocycles. The smallest absolute Gasteiger partial charge is 0.317 e. The first-order valence-electron chi connectivity index (χ1n) is 8.11. The third kappa shape index (κ3) is 11.3. The van der Waals surface area contributed by atoms with Crippen LogP contribution in [0.25, 0.3) is 0 Å². The molecule has 0 aromatic carbocycles. The first-order valence-corrected chi connectivity index (χ1v) is 8.11. The number of carbonyl (C=O) groups is 4. The van der Waals surface area contributed by atoms with Crippen LogP contribution in [0, 0.1) is 0 Å². The maximum Gasteiger partial charge on any atom is 0.317 e. The Morgan fingerprint density at radius 2 is 1.12 bits per heavy atom. The molecule has 26 heavy (non-hydrogen) atoms. The molecule has 0 spiro atoms. The predicted octanol–water partition coefficient (Wildman–Crippen LogP) is -1.36. The van der Waals surface area contributed by atoms with Crippen LogP contribution in [0.1, 0.15) is 13.8 Å². The summed E-state index contributed by atoms with van der Waals surface area (Å²) < 4.78 is 0. The van der Waals surface area contributed by atoms with Gasteiger partial charge in [0, 0.05) is 25.7 Å². The van der Waals surface area contributed by atoms with Gasteiger partial charge in [0.15, 0.2) is 0 Å². The van der Waals surface area contributed by atoms with E-state index in [4.69, 9.17) is 20.4 Å². The third-order valence-electron chi connectivity index (χ3n) is 3.72. The summed E-state index contributed by atoms with van der Waals surface area (Å²) >= 11 is 0. The fourth-order valence-electron chi connectivity index (χ4n) is 2.45. The molecule has 0 aliphatic rings. The van der Waals surface area contributed by atoms with Crippen LogP contribution in [0.4, 0.5) is 0 Å². The number of carboxylic acid groups (broad SMARTS) is 4. The van der Waals surface area contributed by atoms with Gasteiger partial charge in [-0.1, -0.05) is 6.92 Å². The van der Waals surface area contributed by atoms with Gasteiger partial charge >= 0.3 is 23.9 Å². The molecule has 11 heteroatoms. The molecule has 0 saturated carbocycles. The molecular weight excluding hydrogens is 350 g/mol. The van der Waals surface area contributed by atoms with Gasteiger partial charge in [-0.15, -0.1) is 0 Å². The number of carboxylic acids is 4. The minimum absolute atomic E-state index is 0.136. The molecule has 150 valence electrons. The molecule has 0 fully saturated rings. The molecule has 1 atom stereocenters. The molecule has 1 unspecified atom stereocenters. The van der Waals surface area contributed by atoms with Crippen molar-refractivity contribution in [3.05, 3.63) is 0 Å². The van der Waals surface area contributed by atoms with Crippen LogP contribution in [-0.2, 0) is 19.2 Å². The molecular formula is C15H27N3O8. The fraction of sp³-hybridized carbons (Fsp3) is 0.733. The zero-order chi connectivity index (χ0) is 20.3. The lowest BCUT2D eigenvalue weighted by atomic mass is 10.2. The Balaban J connectivity index is 4.92. The van der Waals surface area contributed by atoms with Gasteiger partial charge in [-0.2, -0.15) is 0 Å². The van der Waals surface area contributed by atoms with Crippen molar-refractivity contribution in [2.75, 3.05) is 52.4 Å². The van der Waals surface area contributed by atoms with Gasteiger partial charge in [0.1, 0.15) is 0 Å². The molecule has 4 N–H and O–H groups in total. The minimum atomic E-state index is -1.18. The number of hydrogen-bond acceptors (Lipinski definition) is 7. The summed E-state index contributed by atoms with van der Waals surface area (Å²) in [5, 5.41) is 35.7. The Kier molecular flexibility index (Phi) is 11.1. The van der Waals surface area contributed by atoms with Crippen LogP contribution in [-0.4, -0.2) is 117 Å². The lowest BCUT2D eigenvalue weighted by molar-refractivity contribution is -0.144. The second-order valence-electron chi connectivity index (χ2n) is 5.93. The van der Waals surface area contributed by atoms with Crippen molar-refractivity contribution in [1.82, 2.24) is 14.7 Å². The van der Waals surface area contributed by atoms with E-state index >= 15 is 0 Å². The lowest BCUT2D eigenvalue weighted by Crippen LogP contribution is -2.49. The van der Waals surface area contributed by atoms with Crippen molar-refractivity contribution >= 4 is 23.9 Å². The van der Waals surface area contributed by atoms with E-state index in [-0.39, 0.29) is 26.2 Å². The van der Waals surface area contributed by atoms with E-state index in [0.717, 1.165) is 0 Å². The van der Waals surface area contributed by atoms with Gasteiger partial charge in [0.25, 0.3) is 0 Å². The van der Waals surface area contributed by atoms with Crippen LogP contribution in [0.5, 0.6) is 0 Å². The SMILES string of the molecule is CCN(CCN(CC(=O)O)CC(C)N(CC(=O)O)CC(=O)O)CC(=O)O. The lowest BCUT2D eigenvalue weighted by Gasteiger charge is -2.32. The predicted molar refractivity (Wildman–Crippen MR) is 90.1 cm³/mol. The number of likely N-dealkylation sites (N-methyl/N-ethyl adjacent to an activating group) is 1. The van der Waals surface area contributed by atoms with Gasteiger partial charge in [-0.05, 0) is 13.5 Å². The second kappa shape index (κ2) is 12.2. The van der Waals surface area contributed by atoms with Crippen LogP contribution in [0.15, 0.2) is 0 Å². The van der Waals surface area contributed by atoms with E-state index in [9.17, 15) is 19.2 Å². The van der Waals surface area contributed by atoms with Crippen molar-refractivity contribution in [3.8, 4) is 0 Å². The molecule has 0 aromatic rings. The van der Waals surface area contributed by atoms with Gasteiger partial charge in [0.2, 0.25) is 0 Å². The first kappa shape index (κ1) is 23.8. The van der Waals surface area contributed by atoms with E-state index in [1.807, 2.05) is 0 Å². The van der Waals surface area contributed by atoms with Crippen molar-refractivity contribution in [3.63, 3.8) is 0 Å². The summed E-state index contributed by atoms with van der Waals surface area (Å²) in [5.41, 5.74) is 0. The summed E-state index contributed by atoms with van der Waals surface area (Å²) in [7, 11) is 0. The van der Waals surface area contributed by atoms with Crippen LogP contribution < -0.4 is 0 Å². The molecule has 0 heterocycles. The normalized spacial score (nSPS) is 12.5. The molecule has 0 aromatic heterocycles. The van der Waals surface area contributed by atoms with E-state index in [2.05, 4.69) is 0 Å². The summed E-state index contributed by atoms with van der Waals surface area (Å²) in [6, 6.07) is -0.517. The standard InChI is InChI=1S/C15H27N3O8/c1-3-16(7-12(19)20)4-5-17(8-13(21)22)6-11(2)18(9-14(23)24)10-15(25)26/h11H,3-10H2,1-2H3,(H,19,20)(H,21,22)(H,23,24)(H,25,26). The van der Waals surface area contributed by atoms with Crippen LogP contribution in [0.2, 0.25) is 0 Å². The molecule has 0 bridgehead atoms. The molecule has 0 amide bonds. The Hall–Kier alpha value is -2.24. The molecule has 0 rings (SSSR count). The van der Waals surface area contributed by atoms with Crippen LogP contribution in [0.3, 0.4) is 0 Å². The number of nitrogens with zero attached hydrogens (tertiary/aromatic N) is 3. The summed E-state index contributed by atoms with van der Waals surface area (Å²) in [6.45, 7) is 3.16. The monoisotopic (exact) mass is 377 g/mol. The number of aliphatic carboxylic acids is 4. The summed E-state index contributed by atoms with van der Waals surface area (Å²) in [5.74, 6) is -4.43. The Labute approximate surface area is 151 Å². The summed E-state index contributed by atoms with van der Waals surface area (Å²) in [6.07, 6.45) is 0. The summed E-state index contributed by atoms with van der Waals surface area (Å²) in [4.78, 5) is 48.1. The van der Waals surface area contributed by atoms with Gasteiger partial charge in [0.05, 0.1) is 26.2 Å². The van der Waals surface area contributed by atoms with Crippen molar-refractivity contribution in [2.24, 2.45) is 0 Å². The number of rotatable bonds is 15. The van der Waals surface area contributed by atoms with Crippen LogP contribution >= 0.6 is 0 Å². The Morgan fingerprint density at radius 3 is 1.50 bits per heavy atom. The highest BCUT2D eigenvalue weighted by Gasteiger charge is 2.23. The molecule has 0 radical (unpaired) electrons. The van der Waals surface area contributed by atoms with E-state index in [1.165, 1.54) is 9.80 Å². The van der Waals surface area contributed by atoms with E-state index in [0.29, 0.717) is 13.1 Å². The maximum atomic E-state index is 11.1. The highest BCUT2D eigenvalue weighted by atomic mass is 16.4. The number of hydrogen-bond donors (Lipinski definition) is 4. The van der Waals surface area contributed by atoms with E-state index in [1.54, 1.807) is 18.7 Å². The van der Waals surface area contributed by atoms with Gasteiger partial charge in [-0.25, -0.2) is 0 Å². The minimum Gasteiger partial charge on any atom is -0.480 e. The molecule has 0 saturated heterocycles. The van der Waals surface area contributed by atoms with Crippen molar-refractivity contribution < 1.29 is 39.6 Å². The first-order chi connectivity index (χ1) is 12.0. The van der Waals surface area contributed by atoms with Gasteiger partial charge in [-0.3, -0.25) is 33.9 Å².